The van der Waals surface area contributed by atoms with Gasteiger partial charge in [-0.25, -0.2) is 0 Å². The molecule has 10 aromatic rings. The van der Waals surface area contributed by atoms with Crippen molar-refractivity contribution in [2.45, 2.75) is 24.7 Å². The zero-order valence-electron chi connectivity index (χ0n) is 34.3. The number of hydrogen-bond donors (Lipinski definition) is 0. The number of benzene rings is 10. The maximum atomic E-state index is 2.43. The van der Waals surface area contributed by atoms with E-state index in [-0.39, 0.29) is 5.41 Å². The highest BCUT2D eigenvalue weighted by atomic mass is 15.1. The van der Waals surface area contributed by atoms with E-state index in [1.807, 2.05) is 0 Å². The average molecular weight is 778 g/mol. The minimum Gasteiger partial charge on any atom is -0.310 e. The van der Waals surface area contributed by atoms with Gasteiger partial charge in [-0.15, -0.1) is 0 Å². The van der Waals surface area contributed by atoms with Crippen LogP contribution in [0.25, 0.3) is 54.9 Å². The van der Waals surface area contributed by atoms with Gasteiger partial charge in [-0.1, -0.05) is 196 Å². The smallest absolute Gasteiger partial charge is 0.0719 e. The third-order valence-corrected chi connectivity index (χ3v) is 13.6. The molecule has 1 spiro atoms. The van der Waals surface area contributed by atoms with Crippen molar-refractivity contribution in [2.75, 3.05) is 4.90 Å². The Bertz CT molecular complexity index is 3310. The van der Waals surface area contributed by atoms with E-state index in [1.54, 1.807) is 0 Å². The highest BCUT2D eigenvalue weighted by Crippen LogP contribution is 2.63. The molecular formula is C60H43N. The molecule has 0 aromatic heterocycles. The van der Waals surface area contributed by atoms with Crippen LogP contribution in [-0.2, 0) is 10.8 Å². The van der Waals surface area contributed by atoms with Crippen molar-refractivity contribution in [1.82, 2.24) is 0 Å². The minimum absolute atomic E-state index is 0.273. The molecular weight excluding hydrogens is 735 g/mol. The molecule has 0 bridgehead atoms. The van der Waals surface area contributed by atoms with E-state index >= 15 is 0 Å². The summed E-state index contributed by atoms with van der Waals surface area (Å²) < 4.78 is 0. The number of hydrogen-bond acceptors (Lipinski definition) is 1. The third-order valence-electron chi connectivity index (χ3n) is 13.6. The first-order valence-electron chi connectivity index (χ1n) is 21.4. The lowest BCUT2D eigenvalue weighted by Gasteiger charge is -2.47. The highest BCUT2D eigenvalue weighted by Gasteiger charge is 2.53. The van der Waals surface area contributed by atoms with Crippen LogP contribution in [0, 0.1) is 0 Å². The standard InChI is InChI=1S/C60H43N/c1-59(2)55-27-12-13-28-56(55)60(53-25-10-8-22-51(53)52-23-9-11-26-54(52)60)57-29-15-24-50(58(57)59)46-20-14-21-47(39-46)61(48-34-32-41-18-6-7-19-42(41)37-48)49-35-33-44-36-43(30-31-45(44)38-49)40-16-4-3-5-17-40/h3-39H,1-2H3. The molecule has 0 fully saturated rings. The summed E-state index contributed by atoms with van der Waals surface area (Å²) in [5.41, 5.74) is 18.5. The molecule has 0 saturated carbocycles. The summed E-state index contributed by atoms with van der Waals surface area (Å²) in [5.74, 6) is 0. The summed E-state index contributed by atoms with van der Waals surface area (Å²) >= 11 is 0. The van der Waals surface area contributed by atoms with Crippen LogP contribution in [0.2, 0.25) is 0 Å². The fraction of sp³-hybridized carbons (Fsp3) is 0.0667. The zero-order valence-corrected chi connectivity index (χ0v) is 34.3. The minimum atomic E-state index is -0.440. The number of anilines is 3. The maximum Gasteiger partial charge on any atom is 0.0719 e. The quantitative estimate of drug-likeness (QED) is 0.168. The van der Waals surface area contributed by atoms with E-state index in [0.29, 0.717) is 0 Å². The van der Waals surface area contributed by atoms with Gasteiger partial charge in [-0.3, -0.25) is 0 Å². The van der Waals surface area contributed by atoms with Gasteiger partial charge in [0.05, 0.1) is 5.41 Å². The largest absolute Gasteiger partial charge is 0.310 e. The fourth-order valence-electron chi connectivity index (χ4n) is 11.0. The number of nitrogens with zero attached hydrogens (tertiary/aromatic N) is 1. The second-order valence-corrected chi connectivity index (χ2v) is 17.3. The molecule has 0 N–H and O–H groups in total. The van der Waals surface area contributed by atoms with E-state index in [0.717, 1.165) is 17.1 Å². The van der Waals surface area contributed by atoms with Gasteiger partial charge in [-0.05, 0) is 131 Å². The van der Waals surface area contributed by atoms with Crippen molar-refractivity contribution in [1.29, 1.82) is 0 Å². The van der Waals surface area contributed by atoms with E-state index < -0.39 is 5.41 Å². The van der Waals surface area contributed by atoms with Crippen molar-refractivity contribution >= 4 is 38.6 Å². The van der Waals surface area contributed by atoms with Crippen LogP contribution in [0.3, 0.4) is 0 Å². The van der Waals surface area contributed by atoms with E-state index in [2.05, 4.69) is 243 Å². The second kappa shape index (κ2) is 13.5. The first-order valence-corrected chi connectivity index (χ1v) is 21.4. The Kier molecular flexibility index (Phi) is 7.86. The second-order valence-electron chi connectivity index (χ2n) is 17.3. The SMILES string of the molecule is CC1(C)c2ccccc2C2(c3ccccc3-c3ccccc32)c2cccc(-c3cccc(N(c4ccc5ccccc5c4)c4ccc5cc(-c6ccccc6)ccc5c4)c3)c21. The summed E-state index contributed by atoms with van der Waals surface area (Å²) in [7, 11) is 0. The predicted molar refractivity (Wildman–Crippen MR) is 256 cm³/mol. The van der Waals surface area contributed by atoms with Crippen LogP contribution in [0.4, 0.5) is 17.1 Å². The molecule has 0 atom stereocenters. The van der Waals surface area contributed by atoms with Crippen molar-refractivity contribution in [2.24, 2.45) is 0 Å². The molecule has 2 aliphatic carbocycles. The Labute approximate surface area is 357 Å². The first-order chi connectivity index (χ1) is 30.0. The lowest BCUT2D eigenvalue weighted by atomic mass is 9.54. The van der Waals surface area contributed by atoms with Crippen molar-refractivity contribution in [3.63, 3.8) is 0 Å². The lowest BCUT2D eigenvalue weighted by Crippen LogP contribution is -2.41. The molecule has 10 aromatic carbocycles. The first kappa shape index (κ1) is 35.5. The van der Waals surface area contributed by atoms with Crippen LogP contribution in [0.5, 0.6) is 0 Å². The molecule has 0 amide bonds. The molecule has 1 nitrogen and oxygen atoms in total. The van der Waals surface area contributed by atoms with Gasteiger partial charge < -0.3 is 4.90 Å². The van der Waals surface area contributed by atoms with Crippen LogP contribution in [-0.4, -0.2) is 0 Å². The van der Waals surface area contributed by atoms with E-state index in [1.165, 1.54) is 88.3 Å². The fourth-order valence-corrected chi connectivity index (χ4v) is 11.0. The molecule has 288 valence electrons. The summed E-state index contributed by atoms with van der Waals surface area (Å²) in [6.07, 6.45) is 0. The van der Waals surface area contributed by atoms with Crippen LogP contribution >= 0.6 is 0 Å². The summed E-state index contributed by atoms with van der Waals surface area (Å²) in [4.78, 5) is 2.43. The molecule has 0 saturated heterocycles. The van der Waals surface area contributed by atoms with Crippen LogP contribution in [0.1, 0.15) is 47.2 Å². The lowest BCUT2D eigenvalue weighted by molar-refractivity contribution is 0.565. The summed E-state index contributed by atoms with van der Waals surface area (Å²) in [5, 5.41) is 4.88. The van der Waals surface area contributed by atoms with Crippen molar-refractivity contribution < 1.29 is 0 Å². The molecule has 0 heterocycles. The predicted octanol–water partition coefficient (Wildman–Crippen LogP) is 15.8. The van der Waals surface area contributed by atoms with Gasteiger partial charge in [0.2, 0.25) is 0 Å². The molecule has 0 aliphatic heterocycles. The monoisotopic (exact) mass is 777 g/mol. The molecule has 12 rings (SSSR count). The van der Waals surface area contributed by atoms with Gasteiger partial charge in [-0.2, -0.15) is 0 Å². The normalized spacial score (nSPS) is 14.0. The summed E-state index contributed by atoms with van der Waals surface area (Å²) in [6.45, 7) is 4.86. The Morgan fingerprint density at radius 1 is 0.295 bits per heavy atom. The van der Waals surface area contributed by atoms with Gasteiger partial charge in [0.25, 0.3) is 0 Å². The van der Waals surface area contributed by atoms with Gasteiger partial charge in [0, 0.05) is 22.5 Å². The third kappa shape index (κ3) is 5.27. The molecule has 61 heavy (non-hydrogen) atoms. The van der Waals surface area contributed by atoms with Gasteiger partial charge in [0.15, 0.2) is 0 Å². The molecule has 2 aliphatic rings. The Hall–Kier alpha value is -7.48. The van der Waals surface area contributed by atoms with Crippen molar-refractivity contribution in [3.05, 3.63) is 258 Å². The average Bonchev–Trinajstić information content (AvgIpc) is 3.62. The summed E-state index contributed by atoms with van der Waals surface area (Å²) in [6, 6.07) is 83.5. The molecule has 1 heteroatoms. The van der Waals surface area contributed by atoms with E-state index in [4.69, 9.17) is 0 Å². The number of rotatable bonds is 5. The van der Waals surface area contributed by atoms with Crippen molar-refractivity contribution in [3.8, 4) is 33.4 Å². The maximum absolute atomic E-state index is 2.43. The topological polar surface area (TPSA) is 3.24 Å². The number of fused-ring (bicyclic) bond motifs is 11. The van der Waals surface area contributed by atoms with Gasteiger partial charge in [0.1, 0.15) is 0 Å². The Morgan fingerprint density at radius 3 is 1.52 bits per heavy atom. The molecule has 0 unspecified atom stereocenters. The molecule has 0 radical (unpaired) electrons. The zero-order chi connectivity index (χ0) is 40.7. The Balaban J connectivity index is 1.06. The highest BCUT2D eigenvalue weighted by molar-refractivity contribution is 5.95. The van der Waals surface area contributed by atoms with Crippen LogP contribution < -0.4 is 4.90 Å². The Morgan fingerprint density at radius 2 is 0.787 bits per heavy atom. The van der Waals surface area contributed by atoms with Crippen LogP contribution in [0.15, 0.2) is 224 Å². The van der Waals surface area contributed by atoms with Gasteiger partial charge >= 0.3 is 0 Å². The van der Waals surface area contributed by atoms with E-state index in [9.17, 15) is 0 Å².